The predicted molar refractivity (Wildman–Crippen MR) is 79.2 cm³/mol. The van der Waals surface area contributed by atoms with Crippen molar-refractivity contribution in [3.05, 3.63) is 23.8 Å². The third-order valence-electron chi connectivity index (χ3n) is 3.47. The molecule has 0 fully saturated rings. The molecule has 0 amide bonds. The van der Waals surface area contributed by atoms with Gasteiger partial charge in [0.2, 0.25) is 0 Å². The number of nitrogens with one attached hydrogen (secondary N) is 1. The number of nitrogen functional groups attached to an aromatic ring is 1. The van der Waals surface area contributed by atoms with Crippen molar-refractivity contribution in [3.8, 4) is 11.5 Å². The lowest BCUT2D eigenvalue weighted by atomic mass is 10.0. The summed E-state index contributed by atoms with van der Waals surface area (Å²) in [6.07, 6.45) is 0.894. The maximum Gasteiger partial charge on any atom is 0.163 e. The highest BCUT2D eigenvalue weighted by Crippen LogP contribution is 2.35. The van der Waals surface area contributed by atoms with Gasteiger partial charge in [-0.05, 0) is 23.6 Å². The predicted octanol–water partition coefficient (Wildman–Crippen LogP) is 2.81. The number of rotatable bonds is 2. The molecule has 0 aliphatic carbocycles. The van der Waals surface area contributed by atoms with Gasteiger partial charge in [-0.3, -0.25) is 0 Å². The van der Waals surface area contributed by atoms with Crippen molar-refractivity contribution < 1.29 is 9.47 Å². The van der Waals surface area contributed by atoms with Crippen molar-refractivity contribution in [1.29, 1.82) is 0 Å². The van der Waals surface area contributed by atoms with E-state index in [-0.39, 0.29) is 0 Å². The summed E-state index contributed by atoms with van der Waals surface area (Å²) >= 11 is 0. The van der Waals surface area contributed by atoms with Crippen molar-refractivity contribution in [2.45, 2.75) is 26.2 Å². The maximum atomic E-state index is 5.72. The van der Waals surface area contributed by atoms with Gasteiger partial charge >= 0.3 is 0 Å². The number of pyridine rings is 1. The average molecular weight is 273 g/mol. The zero-order valence-corrected chi connectivity index (χ0v) is 11.8. The van der Waals surface area contributed by atoms with Crippen molar-refractivity contribution in [2.24, 2.45) is 5.84 Å². The number of fused-ring (bicyclic) bond motifs is 2. The molecular weight excluding hydrogens is 254 g/mol. The number of ether oxygens (including phenoxy) is 2. The molecule has 2 aromatic rings. The molecule has 0 bridgehead atoms. The molecule has 0 saturated carbocycles. The molecule has 1 aliphatic rings. The van der Waals surface area contributed by atoms with E-state index in [2.05, 4.69) is 30.3 Å². The first-order valence-electron chi connectivity index (χ1n) is 6.90. The van der Waals surface area contributed by atoms with Gasteiger partial charge in [-0.1, -0.05) is 13.8 Å². The number of nitrogens with two attached hydrogens (primary N) is 1. The van der Waals surface area contributed by atoms with E-state index in [1.165, 1.54) is 0 Å². The summed E-state index contributed by atoms with van der Waals surface area (Å²) in [4.78, 5) is 4.58. The van der Waals surface area contributed by atoms with Gasteiger partial charge in [0.05, 0.1) is 18.7 Å². The number of anilines is 1. The summed E-state index contributed by atoms with van der Waals surface area (Å²) < 4.78 is 11.4. The molecule has 20 heavy (non-hydrogen) atoms. The Bertz CT molecular complexity index is 641. The van der Waals surface area contributed by atoms with Gasteiger partial charge in [0.25, 0.3) is 0 Å². The van der Waals surface area contributed by atoms with Gasteiger partial charge in [0, 0.05) is 17.9 Å². The second kappa shape index (κ2) is 5.17. The van der Waals surface area contributed by atoms with Crippen LogP contribution < -0.4 is 20.7 Å². The lowest BCUT2D eigenvalue weighted by Gasteiger charge is -2.14. The molecule has 0 spiro atoms. The third kappa shape index (κ3) is 2.25. The summed E-state index contributed by atoms with van der Waals surface area (Å²) in [5.41, 5.74) is 4.62. The van der Waals surface area contributed by atoms with Crippen LogP contribution in [0, 0.1) is 0 Å². The molecule has 5 heteroatoms. The Morgan fingerprint density at radius 1 is 1.15 bits per heavy atom. The lowest BCUT2D eigenvalue weighted by Crippen LogP contribution is -2.12. The Kier molecular flexibility index (Phi) is 3.36. The van der Waals surface area contributed by atoms with E-state index in [1.54, 1.807) is 0 Å². The fraction of sp³-hybridized carbons (Fsp3) is 0.400. The molecule has 3 rings (SSSR count). The molecule has 0 unspecified atom stereocenters. The first-order valence-corrected chi connectivity index (χ1v) is 6.90. The van der Waals surface area contributed by atoms with E-state index in [9.17, 15) is 0 Å². The second-order valence-corrected chi connectivity index (χ2v) is 5.27. The smallest absolute Gasteiger partial charge is 0.163 e. The maximum absolute atomic E-state index is 5.72. The van der Waals surface area contributed by atoms with Gasteiger partial charge in [-0.15, -0.1) is 0 Å². The summed E-state index contributed by atoms with van der Waals surface area (Å²) in [5, 5.41) is 1.04. The lowest BCUT2D eigenvalue weighted by molar-refractivity contribution is 0.297. The molecule has 1 aliphatic heterocycles. The summed E-state index contributed by atoms with van der Waals surface area (Å²) in [5.74, 6) is 8.17. The molecule has 5 nitrogen and oxygen atoms in total. The molecular formula is C15H19N3O2. The van der Waals surface area contributed by atoms with E-state index in [0.29, 0.717) is 24.9 Å². The van der Waals surface area contributed by atoms with Gasteiger partial charge in [0.15, 0.2) is 11.5 Å². The Balaban J connectivity index is 2.18. The number of hydrogen-bond acceptors (Lipinski definition) is 5. The van der Waals surface area contributed by atoms with E-state index in [0.717, 1.165) is 34.4 Å². The van der Waals surface area contributed by atoms with Crippen LogP contribution in [-0.4, -0.2) is 18.2 Å². The molecule has 106 valence electrons. The van der Waals surface area contributed by atoms with Crippen LogP contribution in [0.3, 0.4) is 0 Å². The van der Waals surface area contributed by atoms with Crippen molar-refractivity contribution in [1.82, 2.24) is 4.98 Å². The van der Waals surface area contributed by atoms with Gasteiger partial charge in [0.1, 0.15) is 5.82 Å². The van der Waals surface area contributed by atoms with Crippen LogP contribution >= 0.6 is 0 Å². The minimum absolute atomic E-state index is 0.342. The van der Waals surface area contributed by atoms with E-state index in [1.807, 2.05) is 12.1 Å². The zero-order valence-electron chi connectivity index (χ0n) is 11.8. The van der Waals surface area contributed by atoms with Gasteiger partial charge in [-0.25, -0.2) is 10.8 Å². The third-order valence-corrected chi connectivity index (χ3v) is 3.47. The van der Waals surface area contributed by atoms with Crippen molar-refractivity contribution >= 4 is 16.7 Å². The molecule has 0 radical (unpaired) electrons. The first-order chi connectivity index (χ1) is 9.69. The van der Waals surface area contributed by atoms with Crippen molar-refractivity contribution in [3.63, 3.8) is 0 Å². The first kappa shape index (κ1) is 13.0. The van der Waals surface area contributed by atoms with Crippen LogP contribution in [0.5, 0.6) is 11.5 Å². The molecule has 2 heterocycles. The normalized spacial score (nSPS) is 14.4. The van der Waals surface area contributed by atoms with Crippen LogP contribution in [0.25, 0.3) is 10.9 Å². The Labute approximate surface area is 118 Å². The molecule has 0 atom stereocenters. The molecule has 1 aromatic carbocycles. The van der Waals surface area contributed by atoms with Crippen molar-refractivity contribution in [2.75, 3.05) is 18.6 Å². The average Bonchev–Trinajstić information content (AvgIpc) is 2.67. The highest BCUT2D eigenvalue weighted by atomic mass is 16.5. The molecule has 0 saturated heterocycles. The highest BCUT2D eigenvalue weighted by molar-refractivity contribution is 5.85. The number of aromatic nitrogens is 1. The SMILES string of the molecule is CC(C)c1cc2cc3c(cc2nc1NN)OCCCO3. The zero-order chi connectivity index (χ0) is 14.1. The van der Waals surface area contributed by atoms with Crippen LogP contribution in [-0.2, 0) is 0 Å². The number of hydrogen-bond donors (Lipinski definition) is 2. The topological polar surface area (TPSA) is 69.4 Å². The van der Waals surface area contributed by atoms with Crippen LogP contribution in [0.15, 0.2) is 18.2 Å². The molecule has 1 aromatic heterocycles. The number of hydrazine groups is 1. The van der Waals surface area contributed by atoms with Crippen LogP contribution in [0.4, 0.5) is 5.82 Å². The molecule has 3 N–H and O–H groups in total. The number of nitrogens with zero attached hydrogens (tertiary/aromatic N) is 1. The number of benzene rings is 1. The standard InChI is InChI=1S/C15H19N3O2/c1-9(2)11-6-10-7-13-14(20-5-3-4-19-13)8-12(10)17-15(11)18-16/h6-9H,3-5,16H2,1-2H3,(H,17,18). The quantitative estimate of drug-likeness (QED) is 0.650. The van der Waals surface area contributed by atoms with Crippen LogP contribution in [0.1, 0.15) is 31.7 Å². The summed E-state index contributed by atoms with van der Waals surface area (Å²) in [6.45, 7) is 5.59. The van der Waals surface area contributed by atoms with Gasteiger partial charge < -0.3 is 14.9 Å². The Morgan fingerprint density at radius 2 is 1.85 bits per heavy atom. The fourth-order valence-corrected chi connectivity index (χ4v) is 2.40. The van der Waals surface area contributed by atoms with E-state index >= 15 is 0 Å². The Morgan fingerprint density at radius 3 is 2.50 bits per heavy atom. The summed E-state index contributed by atoms with van der Waals surface area (Å²) in [7, 11) is 0. The highest BCUT2D eigenvalue weighted by Gasteiger charge is 2.15. The van der Waals surface area contributed by atoms with Gasteiger partial charge in [-0.2, -0.15) is 0 Å². The van der Waals surface area contributed by atoms with Crippen LogP contribution in [0.2, 0.25) is 0 Å². The fourth-order valence-electron chi connectivity index (χ4n) is 2.40. The second-order valence-electron chi connectivity index (χ2n) is 5.27. The summed E-state index contributed by atoms with van der Waals surface area (Å²) in [6, 6.07) is 6.02. The largest absolute Gasteiger partial charge is 0.490 e. The Hall–Kier alpha value is -2.01. The van der Waals surface area contributed by atoms with E-state index < -0.39 is 0 Å². The monoisotopic (exact) mass is 273 g/mol. The van der Waals surface area contributed by atoms with E-state index in [4.69, 9.17) is 15.3 Å². The minimum Gasteiger partial charge on any atom is -0.490 e. The minimum atomic E-state index is 0.342.